The molecule has 0 unspecified atom stereocenters. The van der Waals surface area contributed by atoms with Gasteiger partial charge in [0.15, 0.2) is 0 Å². The molecule has 0 aromatic heterocycles. The predicted molar refractivity (Wildman–Crippen MR) is 55.2 cm³/mol. The molecule has 1 aliphatic rings. The molecule has 1 atom stereocenters. The van der Waals surface area contributed by atoms with Crippen molar-refractivity contribution in [3.8, 4) is 0 Å². The van der Waals surface area contributed by atoms with E-state index in [0.29, 0.717) is 13.0 Å². The summed E-state index contributed by atoms with van der Waals surface area (Å²) in [5.41, 5.74) is 4.37. The Hall–Kier alpha value is -1.26. The number of likely N-dealkylation sites (tertiary alicyclic amines) is 1. The monoisotopic (exact) mass is 215 g/mol. The molecule has 0 saturated carbocycles. The first kappa shape index (κ1) is 10.3. The van der Waals surface area contributed by atoms with Gasteiger partial charge in [-0.1, -0.05) is 0 Å². The molecule has 15 heavy (non-hydrogen) atoms. The molecule has 0 aliphatic carbocycles. The van der Waals surface area contributed by atoms with Crippen LogP contribution >= 0.6 is 0 Å². The molecule has 1 heterocycles. The van der Waals surface area contributed by atoms with Crippen LogP contribution in [0.4, 0.5) is 4.79 Å². The van der Waals surface area contributed by atoms with Gasteiger partial charge in [-0.25, -0.2) is 4.79 Å². The van der Waals surface area contributed by atoms with Crippen LogP contribution in [0.5, 0.6) is 0 Å². The smallest absolute Gasteiger partial charge is 0.410 e. The fourth-order valence-electron chi connectivity index (χ4n) is 1.58. The van der Waals surface area contributed by atoms with Crippen molar-refractivity contribution < 1.29 is 15.7 Å². The molecule has 5 nitrogen and oxygen atoms in total. The lowest BCUT2D eigenvalue weighted by atomic mass is 10.2. The second kappa shape index (κ2) is 4.08. The van der Waals surface area contributed by atoms with E-state index in [9.17, 15) is 9.59 Å². The van der Waals surface area contributed by atoms with Crippen molar-refractivity contribution in [1.82, 2.24) is 4.90 Å². The number of nitrogens with zero attached hydrogens (tertiary/aromatic N) is 1. The topological polar surface area (TPSA) is 72.6 Å². The van der Waals surface area contributed by atoms with E-state index in [1.165, 1.54) is 4.90 Å². The molecule has 86 valence electrons. The maximum atomic E-state index is 11.7. The number of hydrogen-bond donors (Lipinski definition) is 1. The molecule has 0 aromatic rings. The van der Waals surface area contributed by atoms with E-state index in [1.807, 2.05) is 0 Å². The Morgan fingerprint density at radius 2 is 2.27 bits per heavy atom. The maximum absolute atomic E-state index is 11.7. The minimum Gasteiger partial charge on any atom is -0.444 e. The molecule has 0 spiro atoms. The van der Waals surface area contributed by atoms with Crippen LogP contribution in [0.3, 0.4) is 0 Å². The van der Waals surface area contributed by atoms with Gasteiger partial charge >= 0.3 is 6.09 Å². The largest absolute Gasteiger partial charge is 0.444 e. The van der Waals surface area contributed by atoms with Crippen molar-refractivity contribution in [2.45, 2.75) is 45.2 Å². The van der Waals surface area contributed by atoms with Crippen molar-refractivity contribution in [3.05, 3.63) is 0 Å². The van der Waals surface area contributed by atoms with Crippen LogP contribution in [0.2, 0.25) is 0 Å². The fraction of sp³-hybridized carbons (Fsp3) is 0.800. The lowest BCUT2D eigenvalue weighted by Crippen LogP contribution is -2.45. The first-order valence-corrected chi connectivity index (χ1v) is 4.95. The lowest BCUT2D eigenvalue weighted by Gasteiger charge is -2.27. The van der Waals surface area contributed by atoms with Crippen LogP contribution in [0.15, 0.2) is 0 Å². The second-order valence-corrected chi connectivity index (χ2v) is 4.38. The number of amides is 2. The lowest BCUT2D eigenvalue weighted by molar-refractivity contribution is -0.122. The number of ether oxygens (including phenoxy) is 1. The molecule has 0 aromatic carbocycles. The Morgan fingerprint density at radius 1 is 1.60 bits per heavy atom. The van der Waals surface area contributed by atoms with Gasteiger partial charge in [-0.2, -0.15) is 0 Å². The van der Waals surface area contributed by atoms with Gasteiger partial charge < -0.3 is 10.5 Å². The van der Waals surface area contributed by atoms with Gasteiger partial charge in [-0.05, 0) is 33.6 Å². The van der Waals surface area contributed by atoms with E-state index in [0.717, 1.165) is 6.42 Å². The highest BCUT2D eigenvalue weighted by Gasteiger charge is 2.35. The minimum atomic E-state index is -0.831. The van der Waals surface area contributed by atoms with Crippen molar-refractivity contribution >= 4 is 12.0 Å². The van der Waals surface area contributed by atoms with Gasteiger partial charge in [0.25, 0.3) is 0 Å². The zero-order valence-electron chi connectivity index (χ0n) is 10.2. The molecule has 1 rings (SSSR count). The summed E-state index contributed by atoms with van der Waals surface area (Å²) in [7, 11) is 0. The van der Waals surface area contributed by atoms with Crippen LogP contribution in [-0.4, -0.2) is 35.1 Å². The summed E-state index contributed by atoms with van der Waals surface area (Å²) in [6.07, 6.45) is 0.786. The standard InChI is InChI=1S/C10H18N2O3/c1-10(2,3)15-9(14)12-6-4-5-7(12)8(11)13/h7H,4-6H2,1-3H3,(H2,11,13)/t7-/m0/s1/i1D. The third kappa shape index (κ3) is 3.11. The van der Waals surface area contributed by atoms with E-state index < -0.39 is 23.6 Å². The quantitative estimate of drug-likeness (QED) is 0.705. The predicted octanol–water partition coefficient (Wildman–Crippen LogP) is 0.871. The molecular formula is C10H18N2O3. The fourth-order valence-corrected chi connectivity index (χ4v) is 1.58. The third-order valence-corrected chi connectivity index (χ3v) is 2.18. The first-order chi connectivity index (χ1) is 7.37. The van der Waals surface area contributed by atoms with Crippen molar-refractivity contribution in [3.63, 3.8) is 0 Å². The summed E-state index contributed by atoms with van der Waals surface area (Å²) in [5, 5.41) is 0. The average Bonchev–Trinajstić information content (AvgIpc) is 2.65. The molecule has 1 aliphatic heterocycles. The zero-order valence-corrected chi connectivity index (χ0v) is 9.16. The Bertz CT molecular complexity index is 294. The van der Waals surface area contributed by atoms with E-state index in [4.69, 9.17) is 11.8 Å². The minimum absolute atomic E-state index is 0.0200. The Kier molecular flexibility index (Phi) is 2.79. The highest BCUT2D eigenvalue weighted by Crippen LogP contribution is 2.20. The summed E-state index contributed by atoms with van der Waals surface area (Å²) < 4.78 is 12.4. The molecule has 1 fully saturated rings. The van der Waals surface area contributed by atoms with Crippen molar-refractivity contribution in [2.24, 2.45) is 5.73 Å². The molecular weight excluding hydrogens is 196 g/mol. The van der Waals surface area contributed by atoms with E-state index >= 15 is 0 Å². The molecule has 0 bridgehead atoms. The molecule has 2 N–H and O–H groups in total. The molecule has 0 radical (unpaired) electrons. The molecule has 1 saturated heterocycles. The number of carbonyl (C=O) groups excluding carboxylic acids is 2. The number of carbonyl (C=O) groups is 2. The summed E-state index contributed by atoms with van der Waals surface area (Å²) in [4.78, 5) is 24.2. The van der Waals surface area contributed by atoms with Crippen LogP contribution in [-0.2, 0) is 9.53 Å². The number of rotatable bonds is 1. The van der Waals surface area contributed by atoms with Gasteiger partial charge in [0.2, 0.25) is 5.91 Å². The van der Waals surface area contributed by atoms with Crippen LogP contribution in [0, 0.1) is 0 Å². The van der Waals surface area contributed by atoms with Gasteiger partial charge in [0.1, 0.15) is 11.6 Å². The van der Waals surface area contributed by atoms with E-state index in [2.05, 4.69) is 0 Å². The zero-order chi connectivity index (χ0) is 12.3. The summed E-state index contributed by atoms with van der Waals surface area (Å²) in [6.45, 7) is 3.79. The molecule has 5 heteroatoms. The number of nitrogens with two attached hydrogens (primary N) is 1. The normalized spacial score (nSPS) is 22.4. The van der Waals surface area contributed by atoms with Crippen molar-refractivity contribution in [1.29, 1.82) is 0 Å². The summed E-state index contributed by atoms with van der Waals surface area (Å²) in [5.74, 6) is -0.502. The van der Waals surface area contributed by atoms with E-state index in [1.54, 1.807) is 13.8 Å². The third-order valence-electron chi connectivity index (χ3n) is 2.18. The van der Waals surface area contributed by atoms with Crippen LogP contribution in [0.1, 0.15) is 35.0 Å². The highest BCUT2D eigenvalue weighted by molar-refractivity contribution is 5.84. The SMILES string of the molecule is [2H]CC(C)(C)OC(=O)N1CCC[C@H]1C(N)=O. The van der Waals surface area contributed by atoms with Gasteiger partial charge in [0, 0.05) is 7.92 Å². The number of hydrogen-bond acceptors (Lipinski definition) is 3. The van der Waals surface area contributed by atoms with Crippen LogP contribution in [0.25, 0.3) is 0 Å². The maximum Gasteiger partial charge on any atom is 0.410 e. The number of primary amides is 1. The van der Waals surface area contributed by atoms with Gasteiger partial charge in [0.05, 0.1) is 0 Å². The van der Waals surface area contributed by atoms with E-state index in [-0.39, 0.29) is 6.90 Å². The Balaban J connectivity index is 2.63. The summed E-state index contributed by atoms with van der Waals surface area (Å²) in [6, 6.07) is -0.561. The Labute approximate surface area is 91.0 Å². The first-order valence-electron chi connectivity index (χ1n) is 5.66. The van der Waals surface area contributed by atoms with Gasteiger partial charge in [-0.3, -0.25) is 9.69 Å². The van der Waals surface area contributed by atoms with Gasteiger partial charge in [-0.15, -0.1) is 0 Å². The summed E-state index contributed by atoms with van der Waals surface area (Å²) >= 11 is 0. The second-order valence-electron chi connectivity index (χ2n) is 4.38. The highest BCUT2D eigenvalue weighted by atomic mass is 16.6. The Morgan fingerprint density at radius 3 is 2.80 bits per heavy atom. The average molecular weight is 215 g/mol. The molecule has 2 amide bonds. The van der Waals surface area contributed by atoms with Crippen LogP contribution < -0.4 is 5.73 Å². The van der Waals surface area contributed by atoms with Crippen molar-refractivity contribution in [2.75, 3.05) is 6.54 Å².